The van der Waals surface area contributed by atoms with Crippen molar-refractivity contribution in [1.82, 2.24) is 4.90 Å². The molecule has 178 valence electrons. The Hall–Kier alpha value is -1.85. The van der Waals surface area contributed by atoms with Gasteiger partial charge in [-0.2, -0.15) is 0 Å². The smallest absolute Gasteiger partial charge is 0.255 e. The zero-order valence-corrected chi connectivity index (χ0v) is 23.7. The summed E-state index contributed by atoms with van der Waals surface area (Å²) >= 11 is 4.66. The summed E-state index contributed by atoms with van der Waals surface area (Å²) in [4.78, 5) is 17.7. The maximum atomic E-state index is 13.0. The molecular formula is C27H29I2N3O2. The van der Waals surface area contributed by atoms with Gasteiger partial charge in [0.2, 0.25) is 0 Å². The number of rotatable bonds is 7. The van der Waals surface area contributed by atoms with Gasteiger partial charge in [0.1, 0.15) is 12.4 Å². The van der Waals surface area contributed by atoms with Crippen molar-refractivity contribution < 1.29 is 9.53 Å². The van der Waals surface area contributed by atoms with Gasteiger partial charge in [-0.3, -0.25) is 4.79 Å². The van der Waals surface area contributed by atoms with Gasteiger partial charge in [-0.15, -0.1) is 0 Å². The second-order valence-corrected chi connectivity index (χ2v) is 11.7. The van der Waals surface area contributed by atoms with Crippen molar-refractivity contribution in [3.05, 3.63) is 87.0 Å². The first kappa shape index (κ1) is 25.2. The number of likely N-dealkylation sites (N-methyl/N-ethyl adjacent to an activating group) is 1. The Labute approximate surface area is 229 Å². The number of carbonyl (C=O) groups excluding carboxylic acids is 1. The molecule has 3 aromatic carbocycles. The van der Waals surface area contributed by atoms with Crippen molar-refractivity contribution in [3.63, 3.8) is 0 Å². The molecule has 1 fully saturated rings. The SMILES string of the molecule is CC(I)c1cc(C(=O)Nc2ccc(N3CCN(C)CC3)cc2)ccc1OCc1ccc(I)cc1. The van der Waals surface area contributed by atoms with Crippen LogP contribution in [0.3, 0.4) is 0 Å². The molecule has 1 amide bonds. The van der Waals surface area contributed by atoms with E-state index in [0.717, 1.165) is 48.7 Å². The second kappa shape index (κ2) is 11.7. The summed E-state index contributed by atoms with van der Waals surface area (Å²) in [7, 11) is 2.16. The molecule has 1 heterocycles. The first-order valence-corrected chi connectivity index (χ1v) is 13.7. The van der Waals surface area contributed by atoms with E-state index in [9.17, 15) is 4.79 Å². The number of amides is 1. The Morgan fingerprint density at radius 2 is 1.68 bits per heavy atom. The fourth-order valence-corrected chi connectivity index (χ4v) is 4.74. The summed E-state index contributed by atoms with van der Waals surface area (Å²) in [6.45, 7) is 6.79. The molecule has 0 spiro atoms. The first-order chi connectivity index (χ1) is 16.4. The lowest BCUT2D eigenvalue weighted by molar-refractivity contribution is 0.102. The third-order valence-electron chi connectivity index (χ3n) is 6.00. The molecule has 1 saturated heterocycles. The predicted octanol–water partition coefficient (Wildman–Crippen LogP) is 6.37. The van der Waals surface area contributed by atoms with Crippen LogP contribution in [0.4, 0.5) is 11.4 Å². The fourth-order valence-electron chi connectivity index (χ4n) is 3.90. The topological polar surface area (TPSA) is 44.8 Å². The van der Waals surface area contributed by atoms with Gasteiger partial charge in [0.25, 0.3) is 5.91 Å². The van der Waals surface area contributed by atoms with Crippen molar-refractivity contribution in [1.29, 1.82) is 0 Å². The Morgan fingerprint density at radius 1 is 1.00 bits per heavy atom. The molecule has 5 nitrogen and oxygen atoms in total. The second-order valence-electron chi connectivity index (χ2n) is 8.58. The number of anilines is 2. The molecule has 0 bridgehead atoms. The molecule has 7 heteroatoms. The summed E-state index contributed by atoms with van der Waals surface area (Å²) in [5.41, 5.74) is 4.76. The Kier molecular flexibility index (Phi) is 8.70. The minimum absolute atomic E-state index is 0.116. The van der Waals surface area contributed by atoms with E-state index in [2.05, 4.69) is 111 Å². The number of piperazine rings is 1. The van der Waals surface area contributed by atoms with Crippen LogP contribution in [-0.2, 0) is 6.61 Å². The van der Waals surface area contributed by atoms with Crippen LogP contribution < -0.4 is 15.0 Å². The summed E-state index contributed by atoms with van der Waals surface area (Å²) in [5, 5.41) is 3.03. The van der Waals surface area contributed by atoms with Gasteiger partial charge in [-0.1, -0.05) is 34.7 Å². The van der Waals surface area contributed by atoms with E-state index >= 15 is 0 Å². The molecule has 0 radical (unpaired) electrons. The van der Waals surface area contributed by atoms with Crippen molar-refractivity contribution in [2.75, 3.05) is 43.4 Å². The normalized spacial score (nSPS) is 15.1. The molecule has 0 aliphatic carbocycles. The average molecular weight is 681 g/mol. The number of benzene rings is 3. The molecule has 34 heavy (non-hydrogen) atoms. The van der Waals surface area contributed by atoms with Crippen molar-refractivity contribution in [2.24, 2.45) is 0 Å². The quantitative estimate of drug-likeness (QED) is 0.233. The van der Waals surface area contributed by atoms with E-state index in [1.54, 1.807) is 0 Å². The maximum absolute atomic E-state index is 13.0. The predicted molar refractivity (Wildman–Crippen MR) is 156 cm³/mol. The standard InChI is InChI=1S/C27H29I2N3O2/c1-19(28)25-17-21(5-12-26(25)34-18-20-3-6-22(29)7-4-20)27(33)30-23-8-10-24(11-9-23)32-15-13-31(2)14-16-32/h3-12,17,19H,13-16,18H2,1-2H3,(H,30,33). The summed E-state index contributed by atoms with van der Waals surface area (Å²) in [5.74, 6) is 0.698. The number of carbonyl (C=O) groups is 1. The first-order valence-electron chi connectivity index (χ1n) is 11.4. The highest BCUT2D eigenvalue weighted by Crippen LogP contribution is 2.33. The van der Waals surface area contributed by atoms with Crippen LogP contribution >= 0.6 is 45.2 Å². The van der Waals surface area contributed by atoms with E-state index in [4.69, 9.17) is 4.74 Å². The maximum Gasteiger partial charge on any atom is 0.255 e. The van der Waals surface area contributed by atoms with E-state index in [-0.39, 0.29) is 9.83 Å². The van der Waals surface area contributed by atoms with Gasteiger partial charge < -0.3 is 19.9 Å². The molecule has 4 rings (SSSR count). The lowest BCUT2D eigenvalue weighted by Gasteiger charge is -2.34. The Balaban J connectivity index is 1.41. The van der Waals surface area contributed by atoms with Crippen LogP contribution in [-0.4, -0.2) is 44.0 Å². The van der Waals surface area contributed by atoms with E-state index in [1.165, 1.54) is 9.26 Å². The molecule has 1 atom stereocenters. The van der Waals surface area contributed by atoms with Crippen LogP contribution in [0.1, 0.15) is 32.3 Å². The number of alkyl halides is 1. The molecular weight excluding hydrogens is 652 g/mol. The van der Waals surface area contributed by atoms with Crippen LogP contribution in [0.2, 0.25) is 0 Å². The lowest BCUT2D eigenvalue weighted by Crippen LogP contribution is -2.44. The number of ether oxygens (including phenoxy) is 1. The van der Waals surface area contributed by atoms with Crippen molar-refractivity contribution in [2.45, 2.75) is 17.5 Å². The highest BCUT2D eigenvalue weighted by molar-refractivity contribution is 14.1. The highest BCUT2D eigenvalue weighted by Gasteiger charge is 2.16. The third-order valence-corrected chi connectivity index (χ3v) is 7.39. The van der Waals surface area contributed by atoms with E-state index < -0.39 is 0 Å². The molecule has 3 aromatic rings. The minimum Gasteiger partial charge on any atom is -0.489 e. The Morgan fingerprint density at radius 3 is 2.32 bits per heavy atom. The van der Waals surface area contributed by atoms with Crippen LogP contribution in [0.5, 0.6) is 5.75 Å². The Bertz CT molecular complexity index is 1110. The zero-order valence-electron chi connectivity index (χ0n) is 19.4. The molecule has 0 aromatic heterocycles. The van der Waals surface area contributed by atoms with Gasteiger partial charge in [0, 0.05) is 56.2 Å². The van der Waals surface area contributed by atoms with Gasteiger partial charge in [-0.05, 0) is 96.7 Å². The van der Waals surface area contributed by atoms with Crippen LogP contribution in [0.15, 0.2) is 66.7 Å². The summed E-state index contributed by atoms with van der Waals surface area (Å²) in [6.07, 6.45) is 0. The molecule has 1 aliphatic rings. The van der Waals surface area contributed by atoms with Crippen molar-refractivity contribution in [3.8, 4) is 5.75 Å². The van der Waals surface area contributed by atoms with Gasteiger partial charge in [-0.25, -0.2) is 0 Å². The van der Waals surface area contributed by atoms with Crippen LogP contribution in [0.25, 0.3) is 0 Å². The summed E-state index contributed by atoms with van der Waals surface area (Å²) in [6, 6.07) is 22.1. The lowest BCUT2D eigenvalue weighted by atomic mass is 10.1. The molecule has 1 aliphatic heterocycles. The number of halogens is 2. The number of hydrogen-bond acceptors (Lipinski definition) is 4. The molecule has 1 unspecified atom stereocenters. The summed E-state index contributed by atoms with van der Waals surface area (Å²) < 4.78 is 7.52. The monoisotopic (exact) mass is 681 g/mol. The van der Waals surface area contributed by atoms with Gasteiger partial charge in [0.15, 0.2) is 0 Å². The fraction of sp³-hybridized carbons (Fsp3) is 0.296. The number of nitrogens with one attached hydrogen (secondary N) is 1. The average Bonchev–Trinajstić information content (AvgIpc) is 2.84. The third kappa shape index (κ3) is 6.63. The largest absolute Gasteiger partial charge is 0.489 e. The molecule has 1 N–H and O–H groups in total. The van der Waals surface area contributed by atoms with Crippen molar-refractivity contribution >= 4 is 62.5 Å². The zero-order chi connectivity index (χ0) is 24.1. The van der Waals surface area contributed by atoms with Gasteiger partial charge >= 0.3 is 0 Å². The van der Waals surface area contributed by atoms with Crippen LogP contribution in [0, 0.1) is 3.57 Å². The minimum atomic E-state index is -0.116. The highest BCUT2D eigenvalue weighted by atomic mass is 127. The molecule has 0 saturated carbocycles. The number of nitrogens with zero attached hydrogens (tertiary/aromatic N) is 2. The van der Waals surface area contributed by atoms with E-state index in [1.807, 2.05) is 30.3 Å². The van der Waals surface area contributed by atoms with E-state index in [0.29, 0.717) is 12.2 Å². The van der Waals surface area contributed by atoms with Gasteiger partial charge in [0.05, 0.1) is 0 Å². The number of hydrogen-bond donors (Lipinski definition) is 1.